The summed E-state index contributed by atoms with van der Waals surface area (Å²) in [6.45, 7) is 3.97. The Labute approximate surface area is 123 Å². The Morgan fingerprint density at radius 2 is 2.25 bits per heavy atom. The maximum atomic E-state index is 11.7. The van der Waals surface area contributed by atoms with Gasteiger partial charge in [-0.25, -0.2) is 9.78 Å². The van der Waals surface area contributed by atoms with Crippen molar-refractivity contribution in [2.24, 2.45) is 11.0 Å². The van der Waals surface area contributed by atoms with E-state index in [-0.39, 0.29) is 5.97 Å². The van der Waals surface area contributed by atoms with Crippen molar-refractivity contribution in [3.05, 3.63) is 10.6 Å². The van der Waals surface area contributed by atoms with Gasteiger partial charge in [-0.1, -0.05) is 30.6 Å². The Balaban J connectivity index is 1.91. The van der Waals surface area contributed by atoms with Gasteiger partial charge in [-0.05, 0) is 32.6 Å². The van der Waals surface area contributed by atoms with Crippen LogP contribution in [0.25, 0.3) is 0 Å². The van der Waals surface area contributed by atoms with Crippen molar-refractivity contribution in [2.75, 3.05) is 12.0 Å². The number of rotatable bonds is 5. The molecule has 0 bridgehead atoms. The van der Waals surface area contributed by atoms with Gasteiger partial charge in [-0.15, -0.1) is 0 Å². The first-order valence-electron chi connectivity index (χ1n) is 7.14. The summed E-state index contributed by atoms with van der Waals surface area (Å²) >= 11 is 1.28. The van der Waals surface area contributed by atoms with Crippen molar-refractivity contribution < 1.29 is 9.53 Å². The number of esters is 1. The molecule has 1 aromatic heterocycles. The van der Waals surface area contributed by atoms with Crippen LogP contribution in [-0.2, 0) is 4.74 Å². The fraction of sp³-hybridized carbons (Fsp3) is 0.643. The van der Waals surface area contributed by atoms with Crippen LogP contribution in [0.15, 0.2) is 5.10 Å². The summed E-state index contributed by atoms with van der Waals surface area (Å²) in [7, 11) is 0. The van der Waals surface area contributed by atoms with Crippen LogP contribution in [0.1, 0.15) is 54.4 Å². The quantitative estimate of drug-likeness (QED) is 0.512. The number of anilines is 1. The highest BCUT2D eigenvalue weighted by molar-refractivity contribution is 7.17. The van der Waals surface area contributed by atoms with Gasteiger partial charge in [0.2, 0.25) is 5.13 Å². The highest BCUT2D eigenvalue weighted by Crippen LogP contribution is 2.24. The van der Waals surface area contributed by atoms with E-state index in [2.05, 4.69) is 15.5 Å². The number of ether oxygens (including phenoxy) is 1. The molecule has 0 radical (unpaired) electrons. The van der Waals surface area contributed by atoms with E-state index >= 15 is 0 Å². The van der Waals surface area contributed by atoms with Gasteiger partial charge in [0.15, 0.2) is 0 Å². The van der Waals surface area contributed by atoms with E-state index in [9.17, 15) is 4.79 Å². The van der Waals surface area contributed by atoms with Crippen LogP contribution >= 0.6 is 11.3 Å². The first-order chi connectivity index (χ1) is 9.70. The summed E-state index contributed by atoms with van der Waals surface area (Å²) in [5.74, 6) is 0.258. The molecule has 1 N–H and O–H groups in total. The summed E-state index contributed by atoms with van der Waals surface area (Å²) in [4.78, 5) is 16.5. The summed E-state index contributed by atoms with van der Waals surface area (Å²) in [5.41, 5.74) is 3.60. The smallest absolute Gasteiger partial charge is 0.350 e. The lowest BCUT2D eigenvalue weighted by Gasteiger charge is -2.16. The summed E-state index contributed by atoms with van der Waals surface area (Å²) < 4.78 is 4.99. The molecular formula is C14H21N3O2S. The Morgan fingerprint density at radius 1 is 1.50 bits per heavy atom. The first-order valence-corrected chi connectivity index (χ1v) is 7.96. The van der Waals surface area contributed by atoms with Gasteiger partial charge in [0, 0.05) is 6.21 Å². The molecule has 0 aliphatic heterocycles. The SMILES string of the molecule is CCOC(=O)c1sc(N/N=C\C2CCCCC2)nc1C. The van der Waals surface area contributed by atoms with Crippen LogP contribution in [0.2, 0.25) is 0 Å². The number of carbonyl (C=O) groups excluding carboxylic acids is 1. The third-order valence-electron chi connectivity index (χ3n) is 3.35. The molecule has 0 saturated heterocycles. The Kier molecular flexibility index (Phi) is 5.52. The van der Waals surface area contributed by atoms with E-state index in [0.717, 1.165) is 0 Å². The van der Waals surface area contributed by atoms with Gasteiger partial charge in [-0.3, -0.25) is 5.43 Å². The van der Waals surface area contributed by atoms with Crippen LogP contribution in [0.5, 0.6) is 0 Å². The number of aromatic nitrogens is 1. The van der Waals surface area contributed by atoms with Gasteiger partial charge in [-0.2, -0.15) is 5.10 Å². The Bertz CT molecular complexity index is 479. The van der Waals surface area contributed by atoms with Crippen molar-refractivity contribution in [1.82, 2.24) is 4.98 Å². The van der Waals surface area contributed by atoms with Crippen molar-refractivity contribution in [1.29, 1.82) is 0 Å². The number of hydrogen-bond acceptors (Lipinski definition) is 6. The van der Waals surface area contributed by atoms with Crippen LogP contribution in [-0.4, -0.2) is 23.8 Å². The Morgan fingerprint density at radius 3 is 2.95 bits per heavy atom. The zero-order valence-electron chi connectivity index (χ0n) is 12.0. The number of nitrogens with zero attached hydrogens (tertiary/aromatic N) is 2. The third-order valence-corrected chi connectivity index (χ3v) is 4.39. The predicted molar refractivity (Wildman–Crippen MR) is 81.5 cm³/mol. The van der Waals surface area contributed by atoms with Gasteiger partial charge >= 0.3 is 5.97 Å². The minimum atomic E-state index is -0.313. The van der Waals surface area contributed by atoms with Crippen molar-refractivity contribution in [3.63, 3.8) is 0 Å². The normalized spacial score (nSPS) is 16.5. The molecule has 1 heterocycles. The molecule has 2 rings (SSSR count). The minimum absolute atomic E-state index is 0.313. The second-order valence-corrected chi connectivity index (χ2v) is 5.94. The zero-order chi connectivity index (χ0) is 14.4. The highest BCUT2D eigenvalue weighted by atomic mass is 32.1. The summed E-state index contributed by atoms with van der Waals surface area (Å²) in [5, 5.41) is 4.88. The number of nitrogens with one attached hydrogen (secondary N) is 1. The molecule has 1 fully saturated rings. The number of hydrogen-bond donors (Lipinski definition) is 1. The van der Waals surface area contributed by atoms with E-state index in [1.54, 1.807) is 13.8 Å². The molecule has 20 heavy (non-hydrogen) atoms. The van der Waals surface area contributed by atoms with Crippen molar-refractivity contribution in [2.45, 2.75) is 46.0 Å². The largest absolute Gasteiger partial charge is 0.462 e. The van der Waals surface area contributed by atoms with Crippen LogP contribution < -0.4 is 5.43 Å². The van der Waals surface area contributed by atoms with E-state index in [1.807, 2.05) is 6.21 Å². The van der Waals surface area contributed by atoms with E-state index < -0.39 is 0 Å². The molecule has 0 amide bonds. The second kappa shape index (κ2) is 7.38. The lowest BCUT2D eigenvalue weighted by Crippen LogP contribution is -2.08. The lowest BCUT2D eigenvalue weighted by atomic mass is 9.90. The second-order valence-electron chi connectivity index (χ2n) is 4.94. The molecule has 6 heteroatoms. The lowest BCUT2D eigenvalue weighted by molar-refractivity contribution is 0.0531. The van der Waals surface area contributed by atoms with Gasteiger partial charge < -0.3 is 4.74 Å². The molecule has 1 aliphatic rings. The van der Waals surface area contributed by atoms with Crippen molar-refractivity contribution in [3.8, 4) is 0 Å². The third kappa shape index (κ3) is 4.03. The monoisotopic (exact) mass is 295 g/mol. The molecule has 0 spiro atoms. The van der Waals surface area contributed by atoms with E-state index in [4.69, 9.17) is 4.74 Å². The standard InChI is InChI=1S/C14H21N3O2S/c1-3-19-13(18)12-10(2)16-14(20-12)17-15-9-11-7-5-4-6-8-11/h9,11H,3-8H2,1-2H3,(H,16,17)/b15-9-. The first kappa shape index (κ1) is 15.0. The molecule has 1 saturated carbocycles. The average molecular weight is 295 g/mol. The maximum absolute atomic E-state index is 11.7. The fourth-order valence-corrected chi connectivity index (χ4v) is 3.12. The van der Waals surface area contributed by atoms with Gasteiger partial charge in [0.1, 0.15) is 4.88 Å². The van der Waals surface area contributed by atoms with E-state index in [1.165, 1.54) is 43.4 Å². The molecule has 1 aliphatic carbocycles. The molecule has 0 aromatic carbocycles. The maximum Gasteiger partial charge on any atom is 0.350 e. The summed E-state index contributed by atoms with van der Waals surface area (Å²) in [6.07, 6.45) is 8.33. The fourth-order valence-electron chi connectivity index (χ4n) is 2.31. The van der Waals surface area contributed by atoms with Gasteiger partial charge in [0.25, 0.3) is 0 Å². The van der Waals surface area contributed by atoms with E-state index in [0.29, 0.717) is 28.2 Å². The zero-order valence-corrected chi connectivity index (χ0v) is 12.8. The molecule has 1 aromatic rings. The Hall–Kier alpha value is -1.43. The van der Waals surface area contributed by atoms with Crippen LogP contribution in [0.4, 0.5) is 5.13 Å². The predicted octanol–water partition coefficient (Wildman–Crippen LogP) is 3.61. The highest BCUT2D eigenvalue weighted by Gasteiger charge is 2.16. The molecule has 0 unspecified atom stereocenters. The number of hydrazone groups is 1. The average Bonchev–Trinajstić information content (AvgIpc) is 2.81. The minimum Gasteiger partial charge on any atom is -0.462 e. The van der Waals surface area contributed by atoms with Crippen molar-refractivity contribution >= 4 is 28.7 Å². The molecule has 5 nitrogen and oxygen atoms in total. The van der Waals surface area contributed by atoms with Crippen LogP contribution in [0, 0.1) is 12.8 Å². The molecule has 110 valence electrons. The number of carbonyl (C=O) groups is 1. The summed E-state index contributed by atoms with van der Waals surface area (Å²) in [6, 6.07) is 0. The van der Waals surface area contributed by atoms with Crippen LogP contribution in [0.3, 0.4) is 0 Å². The topological polar surface area (TPSA) is 63.6 Å². The molecular weight excluding hydrogens is 274 g/mol. The number of thiazole rings is 1. The number of aryl methyl sites for hydroxylation is 1. The molecule has 0 atom stereocenters. The van der Waals surface area contributed by atoms with Gasteiger partial charge in [0.05, 0.1) is 12.3 Å².